The van der Waals surface area contributed by atoms with Crippen LogP contribution in [0, 0.1) is 17.8 Å². The van der Waals surface area contributed by atoms with Gasteiger partial charge in [0.25, 0.3) is 5.91 Å². The number of hydrogen-bond donors (Lipinski definition) is 1. The number of rotatable bonds is 8. The summed E-state index contributed by atoms with van der Waals surface area (Å²) < 4.78 is 12.1. The maximum atomic E-state index is 14.6. The topological polar surface area (TPSA) is 96.4 Å². The lowest BCUT2D eigenvalue weighted by Crippen LogP contribution is -2.58. The molecule has 2 amide bonds. The Labute approximate surface area is 223 Å². The lowest BCUT2D eigenvalue weighted by Gasteiger charge is -2.38. The zero-order chi connectivity index (χ0) is 27.4. The molecule has 202 valence electrons. The molecular formula is C30H36N2O6. The van der Waals surface area contributed by atoms with E-state index in [2.05, 4.69) is 6.58 Å². The maximum Gasteiger partial charge on any atom is 0.312 e. The summed E-state index contributed by atoms with van der Waals surface area (Å²) in [6.07, 6.45) is 2.09. The van der Waals surface area contributed by atoms with E-state index in [0.717, 1.165) is 10.8 Å². The number of benzene rings is 2. The normalized spacial score (nSPS) is 32.3. The van der Waals surface area contributed by atoms with Gasteiger partial charge in [-0.25, -0.2) is 0 Å². The molecule has 3 saturated heterocycles. The first-order valence-corrected chi connectivity index (χ1v) is 13.4. The van der Waals surface area contributed by atoms with Crippen molar-refractivity contribution in [3.8, 4) is 0 Å². The van der Waals surface area contributed by atoms with Crippen LogP contribution in [-0.4, -0.2) is 70.8 Å². The Morgan fingerprint density at radius 1 is 1.29 bits per heavy atom. The van der Waals surface area contributed by atoms with Crippen molar-refractivity contribution in [2.75, 3.05) is 24.7 Å². The molecule has 0 aliphatic carbocycles. The summed E-state index contributed by atoms with van der Waals surface area (Å²) in [5.41, 5.74) is -1.48. The Balaban J connectivity index is 1.64. The number of carbonyl (C=O) groups is 3. The Morgan fingerprint density at radius 3 is 2.66 bits per heavy atom. The molecule has 2 aromatic rings. The highest BCUT2D eigenvalue weighted by Crippen LogP contribution is 2.65. The second-order valence-electron chi connectivity index (χ2n) is 11.0. The zero-order valence-electron chi connectivity index (χ0n) is 22.4. The average molecular weight is 521 g/mol. The third-order valence-corrected chi connectivity index (χ3v) is 8.89. The largest absolute Gasteiger partial charge is 0.466 e. The summed E-state index contributed by atoms with van der Waals surface area (Å²) in [6.45, 7) is 11.2. The Morgan fingerprint density at radius 2 is 2.00 bits per heavy atom. The first kappa shape index (κ1) is 26.4. The van der Waals surface area contributed by atoms with E-state index in [4.69, 9.17) is 9.47 Å². The molecule has 0 radical (unpaired) electrons. The predicted molar refractivity (Wildman–Crippen MR) is 143 cm³/mol. The number of amides is 2. The van der Waals surface area contributed by atoms with Crippen molar-refractivity contribution in [1.29, 1.82) is 0 Å². The fourth-order valence-electron chi connectivity index (χ4n) is 7.05. The van der Waals surface area contributed by atoms with Crippen molar-refractivity contribution in [1.82, 2.24) is 4.90 Å². The fourth-order valence-corrected chi connectivity index (χ4v) is 7.05. The van der Waals surface area contributed by atoms with Crippen LogP contribution in [0.5, 0.6) is 0 Å². The smallest absolute Gasteiger partial charge is 0.312 e. The van der Waals surface area contributed by atoms with Crippen molar-refractivity contribution in [3.05, 3.63) is 55.1 Å². The van der Waals surface area contributed by atoms with Gasteiger partial charge in [-0.2, -0.15) is 0 Å². The molecule has 7 atom stereocenters. The third kappa shape index (κ3) is 3.61. The van der Waals surface area contributed by atoms with Crippen LogP contribution in [0.2, 0.25) is 0 Å². The minimum Gasteiger partial charge on any atom is -0.466 e. The van der Waals surface area contributed by atoms with Gasteiger partial charge in [0.1, 0.15) is 17.6 Å². The molecule has 8 heteroatoms. The quantitative estimate of drug-likeness (QED) is 0.424. The number of esters is 1. The summed E-state index contributed by atoms with van der Waals surface area (Å²) in [5, 5.41) is 12.1. The second kappa shape index (κ2) is 9.50. The summed E-state index contributed by atoms with van der Waals surface area (Å²) in [5.74, 6) is -2.95. The van der Waals surface area contributed by atoms with Gasteiger partial charge in [-0.1, -0.05) is 43.3 Å². The van der Waals surface area contributed by atoms with Gasteiger partial charge in [-0.3, -0.25) is 14.4 Å². The van der Waals surface area contributed by atoms with E-state index in [1.54, 1.807) is 24.8 Å². The molecule has 38 heavy (non-hydrogen) atoms. The highest BCUT2D eigenvalue weighted by atomic mass is 16.6. The van der Waals surface area contributed by atoms with Gasteiger partial charge in [0.15, 0.2) is 0 Å². The van der Waals surface area contributed by atoms with Gasteiger partial charge in [-0.05, 0) is 56.0 Å². The summed E-state index contributed by atoms with van der Waals surface area (Å²) in [4.78, 5) is 45.0. The van der Waals surface area contributed by atoms with Crippen molar-refractivity contribution in [2.45, 2.75) is 57.4 Å². The lowest BCUT2D eigenvalue weighted by molar-refractivity contribution is -0.161. The van der Waals surface area contributed by atoms with Gasteiger partial charge in [0.05, 0.1) is 30.8 Å². The number of ether oxygens (including phenoxy) is 2. The standard InChI is InChI=1S/C30H36N2O6/c1-6-14-31(22-13-12-20-10-8-9-11-21(20)15-22)27(35)25-30-16-18(3)29(5,38-30)24(28(36)37-7-2)23(30)26(34)32(25)19(4)17-33/h6,8-13,15,18-19,23-25,33H,1,7,14,16-17H2,2-5H3/t18?,19-,23+,24-,25?,29+,30?/m1/s1. The summed E-state index contributed by atoms with van der Waals surface area (Å²) >= 11 is 0. The molecule has 8 nitrogen and oxygen atoms in total. The van der Waals surface area contributed by atoms with Crippen LogP contribution in [0.15, 0.2) is 55.1 Å². The number of anilines is 1. The van der Waals surface area contributed by atoms with Gasteiger partial charge in [0.2, 0.25) is 5.91 Å². The summed E-state index contributed by atoms with van der Waals surface area (Å²) in [6, 6.07) is 12.0. The predicted octanol–water partition coefficient (Wildman–Crippen LogP) is 3.31. The van der Waals surface area contributed by atoms with E-state index >= 15 is 0 Å². The van der Waals surface area contributed by atoms with Crippen LogP contribution in [-0.2, 0) is 23.9 Å². The molecule has 1 N–H and O–H groups in total. The Kier molecular flexibility index (Phi) is 6.60. The number of fused-ring (bicyclic) bond motifs is 2. The van der Waals surface area contributed by atoms with Gasteiger partial charge in [-0.15, -0.1) is 6.58 Å². The SMILES string of the molecule is C=CCN(C(=O)C1N([C@H](C)CO)C(=O)[C@@H]2[C@H](C(=O)OCC)[C@@]3(C)OC12CC3C)c1ccc2ccccc2c1. The van der Waals surface area contributed by atoms with E-state index in [-0.39, 0.29) is 37.5 Å². The molecule has 0 saturated carbocycles. The average Bonchev–Trinajstić information content (AvgIpc) is 3.42. The third-order valence-electron chi connectivity index (χ3n) is 8.89. The molecule has 2 aromatic carbocycles. The summed E-state index contributed by atoms with van der Waals surface area (Å²) in [7, 11) is 0. The zero-order valence-corrected chi connectivity index (χ0v) is 22.4. The Hall–Kier alpha value is -3.23. The molecule has 1 spiro atoms. The molecule has 3 unspecified atom stereocenters. The molecule has 3 aliphatic rings. The first-order valence-electron chi connectivity index (χ1n) is 13.4. The molecule has 3 fully saturated rings. The molecule has 0 aromatic heterocycles. The highest BCUT2D eigenvalue weighted by Gasteiger charge is 2.80. The number of likely N-dealkylation sites (tertiary alicyclic amines) is 1. The number of nitrogens with zero attached hydrogens (tertiary/aromatic N) is 2. The van der Waals surface area contributed by atoms with Crippen LogP contribution >= 0.6 is 0 Å². The van der Waals surface area contributed by atoms with Crippen molar-refractivity contribution < 1.29 is 29.0 Å². The van der Waals surface area contributed by atoms with Crippen molar-refractivity contribution >= 4 is 34.2 Å². The monoisotopic (exact) mass is 520 g/mol. The van der Waals surface area contributed by atoms with Crippen LogP contribution in [0.1, 0.15) is 34.1 Å². The minimum absolute atomic E-state index is 0.0887. The first-order chi connectivity index (χ1) is 18.1. The number of aliphatic hydroxyl groups excluding tert-OH is 1. The number of aliphatic hydroxyl groups is 1. The molecular weight excluding hydrogens is 484 g/mol. The van der Waals surface area contributed by atoms with E-state index in [9.17, 15) is 19.5 Å². The van der Waals surface area contributed by atoms with Crippen molar-refractivity contribution in [3.63, 3.8) is 0 Å². The van der Waals surface area contributed by atoms with Crippen LogP contribution in [0.25, 0.3) is 10.8 Å². The fraction of sp³-hybridized carbons (Fsp3) is 0.500. The Bertz CT molecular complexity index is 1290. The second-order valence-corrected chi connectivity index (χ2v) is 11.0. The minimum atomic E-state index is -1.21. The molecule has 3 aliphatic heterocycles. The maximum absolute atomic E-state index is 14.6. The van der Waals surface area contributed by atoms with Gasteiger partial charge in [0, 0.05) is 12.2 Å². The molecule has 2 bridgehead atoms. The van der Waals surface area contributed by atoms with Crippen molar-refractivity contribution in [2.24, 2.45) is 17.8 Å². The highest BCUT2D eigenvalue weighted by molar-refractivity contribution is 6.05. The van der Waals surface area contributed by atoms with Crippen LogP contribution in [0.3, 0.4) is 0 Å². The number of carbonyl (C=O) groups excluding carboxylic acids is 3. The van der Waals surface area contributed by atoms with Gasteiger partial charge >= 0.3 is 5.97 Å². The lowest BCUT2D eigenvalue weighted by atomic mass is 9.62. The van der Waals surface area contributed by atoms with E-state index in [1.165, 1.54) is 4.90 Å². The van der Waals surface area contributed by atoms with E-state index < -0.39 is 41.1 Å². The van der Waals surface area contributed by atoms with Gasteiger partial charge < -0.3 is 24.4 Å². The van der Waals surface area contributed by atoms with E-state index in [0.29, 0.717) is 12.1 Å². The van der Waals surface area contributed by atoms with Crippen LogP contribution in [0.4, 0.5) is 5.69 Å². The van der Waals surface area contributed by atoms with Crippen LogP contribution < -0.4 is 4.90 Å². The van der Waals surface area contributed by atoms with E-state index in [1.807, 2.05) is 56.3 Å². The molecule has 5 rings (SSSR count). The number of hydrogen-bond acceptors (Lipinski definition) is 6. The molecule has 3 heterocycles.